The number of nitrogen functional groups attached to an aromatic ring is 1. The number of piperidine rings is 1. The monoisotopic (exact) mass is 500 g/mol. The molecule has 0 saturated carbocycles. The Kier molecular flexibility index (Phi) is 6.27. The van der Waals surface area contributed by atoms with E-state index >= 15 is 0 Å². The normalized spacial score (nSPS) is 16.2. The predicted octanol–water partition coefficient (Wildman–Crippen LogP) is 3.34. The molecule has 6 rings (SSSR count). The van der Waals surface area contributed by atoms with Gasteiger partial charge < -0.3 is 30.0 Å². The number of aromatic nitrogens is 4. The van der Waals surface area contributed by atoms with Crippen molar-refractivity contribution >= 4 is 40.5 Å². The van der Waals surface area contributed by atoms with Crippen LogP contribution < -0.4 is 20.9 Å². The number of pyridine rings is 3. The van der Waals surface area contributed by atoms with E-state index in [4.69, 9.17) is 19.9 Å². The van der Waals surface area contributed by atoms with Crippen molar-refractivity contribution in [2.45, 2.75) is 19.3 Å². The molecule has 0 aliphatic carbocycles. The second-order valence-electron chi connectivity index (χ2n) is 9.16. The Hall–Kier alpha value is -4.25. The third-order valence-corrected chi connectivity index (χ3v) is 6.60. The van der Waals surface area contributed by atoms with Crippen LogP contribution in [0.5, 0.6) is 0 Å². The first-order valence-corrected chi connectivity index (χ1v) is 12.5. The van der Waals surface area contributed by atoms with Crippen LogP contribution in [0.1, 0.15) is 29.8 Å². The van der Waals surface area contributed by atoms with Crippen molar-refractivity contribution in [3.63, 3.8) is 0 Å². The van der Waals surface area contributed by atoms with E-state index in [1.165, 1.54) is 6.42 Å². The van der Waals surface area contributed by atoms with Gasteiger partial charge in [0.05, 0.1) is 24.6 Å². The Morgan fingerprint density at radius 1 is 0.946 bits per heavy atom. The zero-order valence-electron chi connectivity index (χ0n) is 20.4. The van der Waals surface area contributed by atoms with Crippen LogP contribution >= 0.6 is 0 Å². The average molecular weight is 501 g/mol. The number of hydrogen-bond acceptors (Lipinski definition) is 10. The van der Waals surface area contributed by atoms with E-state index in [-0.39, 0.29) is 11.6 Å². The topological polar surface area (TPSA) is 136 Å². The minimum Gasteiger partial charge on any atom is -0.422 e. The fraction of sp³-hybridized carbons (Fsp3) is 0.346. The van der Waals surface area contributed by atoms with Crippen molar-refractivity contribution in [2.75, 3.05) is 60.2 Å². The largest absolute Gasteiger partial charge is 0.422 e. The molecule has 37 heavy (non-hydrogen) atoms. The number of nitrogens with two attached hydrogens (primary N) is 1. The van der Waals surface area contributed by atoms with Gasteiger partial charge in [0.1, 0.15) is 11.5 Å². The predicted molar refractivity (Wildman–Crippen MR) is 141 cm³/mol. The highest BCUT2D eigenvalue weighted by atomic mass is 16.5. The molecule has 2 fully saturated rings. The smallest absolute Gasteiger partial charge is 0.300 e. The molecule has 3 N–H and O–H groups in total. The fourth-order valence-electron chi connectivity index (χ4n) is 4.64. The molecule has 4 aromatic heterocycles. The van der Waals surface area contributed by atoms with Crippen LogP contribution in [0, 0.1) is 0 Å². The number of nitrogens with one attached hydrogen (secondary N) is 1. The summed E-state index contributed by atoms with van der Waals surface area (Å²) in [5, 5.41) is 3.03. The summed E-state index contributed by atoms with van der Waals surface area (Å²) in [5.74, 6) is 0.786. The maximum absolute atomic E-state index is 13.4. The Balaban J connectivity index is 1.32. The molecule has 2 aliphatic rings. The van der Waals surface area contributed by atoms with Gasteiger partial charge in [-0.15, -0.1) is 0 Å². The number of anilines is 4. The highest BCUT2D eigenvalue weighted by molar-refractivity contribution is 6.05. The summed E-state index contributed by atoms with van der Waals surface area (Å²) in [6, 6.07) is 11.2. The van der Waals surface area contributed by atoms with Crippen LogP contribution in [0.15, 0.2) is 47.0 Å². The van der Waals surface area contributed by atoms with Crippen molar-refractivity contribution in [3.05, 3.63) is 48.3 Å². The Labute approximate surface area is 213 Å². The lowest BCUT2D eigenvalue weighted by atomic mass is 10.1. The lowest BCUT2D eigenvalue weighted by Crippen LogP contribution is -2.36. The molecule has 0 bridgehead atoms. The first-order chi connectivity index (χ1) is 18.1. The Bertz CT molecular complexity index is 1410. The van der Waals surface area contributed by atoms with Gasteiger partial charge in [-0.05, 0) is 43.5 Å². The number of morpholine rings is 1. The van der Waals surface area contributed by atoms with Crippen molar-refractivity contribution in [1.29, 1.82) is 0 Å². The Morgan fingerprint density at radius 3 is 2.57 bits per heavy atom. The molecule has 11 nitrogen and oxygen atoms in total. The molecule has 2 saturated heterocycles. The summed E-state index contributed by atoms with van der Waals surface area (Å²) in [7, 11) is 0. The maximum atomic E-state index is 13.4. The molecule has 0 radical (unpaired) electrons. The number of carbonyl (C=O) groups excluding carboxylic acids is 1. The summed E-state index contributed by atoms with van der Waals surface area (Å²) in [6.45, 7) is 4.42. The molecule has 1 amide bonds. The van der Waals surface area contributed by atoms with Crippen LogP contribution in [0.4, 0.5) is 23.3 Å². The summed E-state index contributed by atoms with van der Waals surface area (Å²) >= 11 is 0. The maximum Gasteiger partial charge on any atom is 0.300 e. The van der Waals surface area contributed by atoms with E-state index < -0.39 is 0 Å². The summed E-state index contributed by atoms with van der Waals surface area (Å²) in [5.41, 5.74) is 9.01. The number of amides is 1. The van der Waals surface area contributed by atoms with Crippen LogP contribution in [0.25, 0.3) is 22.5 Å². The van der Waals surface area contributed by atoms with E-state index in [0.717, 1.165) is 31.5 Å². The van der Waals surface area contributed by atoms with Gasteiger partial charge in [-0.25, -0.2) is 15.0 Å². The van der Waals surface area contributed by atoms with E-state index in [1.807, 2.05) is 23.1 Å². The lowest BCUT2D eigenvalue weighted by Gasteiger charge is -2.29. The van der Waals surface area contributed by atoms with E-state index in [1.54, 1.807) is 24.4 Å². The van der Waals surface area contributed by atoms with Crippen molar-refractivity contribution < 1.29 is 13.9 Å². The van der Waals surface area contributed by atoms with Gasteiger partial charge in [-0.3, -0.25) is 4.79 Å². The molecule has 0 atom stereocenters. The SMILES string of the molecule is Nc1ccc(-c2cccc(C(=O)Nc3cc4oc(N5CCOCC5)nc4nc3N3CCCCC3)n2)cn1. The molecule has 0 aromatic carbocycles. The van der Waals surface area contributed by atoms with Gasteiger partial charge in [-0.2, -0.15) is 4.98 Å². The molecule has 0 spiro atoms. The number of rotatable bonds is 5. The first-order valence-electron chi connectivity index (χ1n) is 12.5. The standard InChI is InChI=1S/C26H28N8O3/c27-22-8-7-17(16-28-22)18-5-4-6-19(29-18)25(35)30-20-15-21-23(31-24(20)33-9-2-1-3-10-33)32-26(37-21)34-11-13-36-14-12-34/h4-8,15-16H,1-3,9-14H2,(H2,27,28)(H,30,35). The van der Waals surface area contributed by atoms with Crippen LogP contribution in [0.3, 0.4) is 0 Å². The second kappa shape index (κ2) is 10.0. The summed E-state index contributed by atoms with van der Waals surface area (Å²) in [6.07, 6.45) is 4.97. The van der Waals surface area contributed by atoms with Gasteiger partial charge in [0.2, 0.25) is 5.65 Å². The van der Waals surface area contributed by atoms with Crippen LogP contribution in [0.2, 0.25) is 0 Å². The van der Waals surface area contributed by atoms with Gasteiger partial charge in [0.15, 0.2) is 11.4 Å². The molecular weight excluding hydrogens is 472 g/mol. The van der Waals surface area contributed by atoms with E-state index in [9.17, 15) is 4.79 Å². The number of oxazole rings is 1. The second-order valence-corrected chi connectivity index (χ2v) is 9.16. The van der Waals surface area contributed by atoms with Crippen molar-refractivity contribution in [2.24, 2.45) is 0 Å². The minimum atomic E-state index is -0.336. The molecule has 2 aliphatic heterocycles. The van der Waals surface area contributed by atoms with Gasteiger partial charge in [0.25, 0.3) is 11.9 Å². The highest BCUT2D eigenvalue weighted by Crippen LogP contribution is 2.32. The highest BCUT2D eigenvalue weighted by Gasteiger charge is 2.23. The molecule has 0 unspecified atom stereocenters. The fourth-order valence-corrected chi connectivity index (χ4v) is 4.64. The molecule has 6 heterocycles. The molecule has 11 heteroatoms. The lowest BCUT2D eigenvalue weighted by molar-refractivity contribution is 0.102. The summed E-state index contributed by atoms with van der Waals surface area (Å²) < 4.78 is 11.5. The number of carbonyl (C=O) groups is 1. The van der Waals surface area contributed by atoms with Gasteiger partial charge in [0, 0.05) is 44.0 Å². The van der Waals surface area contributed by atoms with E-state index in [2.05, 4.69) is 25.2 Å². The van der Waals surface area contributed by atoms with Crippen molar-refractivity contribution in [3.8, 4) is 11.3 Å². The number of fused-ring (bicyclic) bond motifs is 1. The number of nitrogens with zero attached hydrogens (tertiary/aromatic N) is 6. The van der Waals surface area contributed by atoms with E-state index in [0.29, 0.717) is 66.6 Å². The zero-order chi connectivity index (χ0) is 25.2. The minimum absolute atomic E-state index is 0.283. The number of ether oxygens (including phenoxy) is 1. The third-order valence-electron chi connectivity index (χ3n) is 6.60. The molecule has 190 valence electrons. The quantitative estimate of drug-likeness (QED) is 0.420. The third kappa shape index (κ3) is 4.90. The molecular formula is C26H28N8O3. The van der Waals surface area contributed by atoms with Crippen LogP contribution in [-0.4, -0.2) is 65.2 Å². The molecule has 4 aromatic rings. The van der Waals surface area contributed by atoms with Gasteiger partial charge in [-0.1, -0.05) is 6.07 Å². The van der Waals surface area contributed by atoms with Crippen molar-refractivity contribution in [1.82, 2.24) is 19.9 Å². The first kappa shape index (κ1) is 23.2. The number of hydrogen-bond donors (Lipinski definition) is 2. The van der Waals surface area contributed by atoms with Crippen LogP contribution in [-0.2, 0) is 4.74 Å². The summed E-state index contributed by atoms with van der Waals surface area (Å²) in [4.78, 5) is 35.8. The zero-order valence-corrected chi connectivity index (χ0v) is 20.4. The Morgan fingerprint density at radius 2 is 1.78 bits per heavy atom. The van der Waals surface area contributed by atoms with Gasteiger partial charge >= 0.3 is 0 Å². The average Bonchev–Trinajstić information content (AvgIpc) is 3.37.